The van der Waals surface area contributed by atoms with Gasteiger partial charge in [0.2, 0.25) is 6.79 Å². The Morgan fingerprint density at radius 1 is 1.07 bits per heavy atom. The summed E-state index contributed by atoms with van der Waals surface area (Å²) in [7, 11) is 3.94. The van der Waals surface area contributed by atoms with E-state index in [1.54, 1.807) is 18.2 Å². The number of fused-ring (bicyclic) bond motifs is 1. The fourth-order valence-corrected chi connectivity index (χ4v) is 3.72. The predicted octanol–water partition coefficient (Wildman–Crippen LogP) is 3.72. The highest BCUT2D eigenvalue weighted by Crippen LogP contribution is 2.36. The molecule has 2 aromatic rings. The van der Waals surface area contributed by atoms with Gasteiger partial charge in [0.1, 0.15) is 0 Å². The molecule has 0 spiro atoms. The second-order valence-electron chi connectivity index (χ2n) is 6.44. The number of benzene rings is 2. The first kappa shape index (κ1) is 17.5. The molecule has 4 rings (SSSR count). The molecule has 2 heterocycles. The molecule has 1 fully saturated rings. The quantitative estimate of drug-likeness (QED) is 0.751. The largest absolute Gasteiger partial charge is 0.454 e. The molecule has 1 saturated heterocycles. The number of amides is 2. The van der Waals surface area contributed by atoms with Gasteiger partial charge in [0.25, 0.3) is 11.1 Å². The van der Waals surface area contributed by atoms with Crippen LogP contribution in [0.5, 0.6) is 11.5 Å². The Bertz CT molecular complexity index is 937. The molecule has 6 nitrogen and oxygen atoms in total. The molecule has 0 radical (unpaired) electrons. The maximum atomic E-state index is 12.7. The highest BCUT2D eigenvalue weighted by Gasteiger charge is 2.35. The van der Waals surface area contributed by atoms with Crippen LogP contribution in [0.1, 0.15) is 11.1 Å². The molecule has 0 unspecified atom stereocenters. The van der Waals surface area contributed by atoms with E-state index >= 15 is 0 Å². The summed E-state index contributed by atoms with van der Waals surface area (Å²) in [5.41, 5.74) is 2.77. The van der Waals surface area contributed by atoms with Crippen molar-refractivity contribution in [3.63, 3.8) is 0 Å². The standard InChI is InChI=1S/C20H18N2O4S/c1-21(2)15-6-3-13(4-7-15)10-18-19(23)22(20(24)27-18)11-14-5-8-16-17(9-14)26-12-25-16/h3-10H,11-12H2,1-2H3/b18-10-. The van der Waals surface area contributed by atoms with Crippen LogP contribution in [0.15, 0.2) is 47.4 Å². The number of hydrogen-bond acceptors (Lipinski definition) is 6. The van der Waals surface area contributed by atoms with Gasteiger partial charge in [-0.3, -0.25) is 14.5 Å². The van der Waals surface area contributed by atoms with E-state index in [4.69, 9.17) is 9.47 Å². The van der Waals surface area contributed by atoms with Crippen LogP contribution in [0.25, 0.3) is 6.08 Å². The molecule has 2 amide bonds. The van der Waals surface area contributed by atoms with Crippen molar-refractivity contribution in [2.24, 2.45) is 0 Å². The number of anilines is 1. The number of carbonyl (C=O) groups is 2. The second kappa shape index (κ2) is 7.00. The van der Waals surface area contributed by atoms with Gasteiger partial charge in [-0.1, -0.05) is 18.2 Å². The van der Waals surface area contributed by atoms with Crippen LogP contribution in [-0.4, -0.2) is 36.9 Å². The zero-order valence-electron chi connectivity index (χ0n) is 15.0. The molecule has 0 saturated carbocycles. The van der Waals surface area contributed by atoms with Gasteiger partial charge < -0.3 is 14.4 Å². The third-order valence-corrected chi connectivity index (χ3v) is 5.27. The van der Waals surface area contributed by atoms with E-state index in [0.29, 0.717) is 16.4 Å². The van der Waals surface area contributed by atoms with Crippen LogP contribution in [0.3, 0.4) is 0 Å². The number of nitrogens with zero attached hydrogens (tertiary/aromatic N) is 2. The fourth-order valence-electron chi connectivity index (χ4n) is 2.88. The molecule has 2 aliphatic heterocycles. The highest BCUT2D eigenvalue weighted by molar-refractivity contribution is 8.18. The Morgan fingerprint density at radius 3 is 2.56 bits per heavy atom. The molecule has 2 aliphatic rings. The van der Waals surface area contributed by atoms with E-state index in [-0.39, 0.29) is 24.5 Å². The van der Waals surface area contributed by atoms with Gasteiger partial charge >= 0.3 is 0 Å². The number of hydrogen-bond donors (Lipinski definition) is 0. The van der Waals surface area contributed by atoms with Gasteiger partial charge in [-0.2, -0.15) is 0 Å². The molecule has 7 heteroatoms. The third-order valence-electron chi connectivity index (χ3n) is 4.36. The summed E-state index contributed by atoms with van der Waals surface area (Å²) in [6.45, 7) is 0.397. The molecule has 0 atom stereocenters. The number of thioether (sulfide) groups is 1. The molecule has 27 heavy (non-hydrogen) atoms. The van der Waals surface area contributed by atoms with Crippen molar-refractivity contribution in [2.75, 3.05) is 25.8 Å². The Morgan fingerprint density at radius 2 is 1.81 bits per heavy atom. The van der Waals surface area contributed by atoms with Crippen molar-refractivity contribution in [3.05, 3.63) is 58.5 Å². The van der Waals surface area contributed by atoms with Crippen LogP contribution < -0.4 is 14.4 Å². The van der Waals surface area contributed by atoms with E-state index in [2.05, 4.69) is 0 Å². The Hall–Kier alpha value is -2.93. The topological polar surface area (TPSA) is 59.1 Å². The van der Waals surface area contributed by atoms with E-state index < -0.39 is 0 Å². The zero-order chi connectivity index (χ0) is 19.0. The van der Waals surface area contributed by atoms with Gasteiger partial charge in [-0.15, -0.1) is 0 Å². The summed E-state index contributed by atoms with van der Waals surface area (Å²) in [5, 5.41) is -0.270. The minimum atomic E-state index is -0.278. The Labute approximate surface area is 161 Å². The molecule has 0 aromatic heterocycles. The van der Waals surface area contributed by atoms with Gasteiger partial charge in [-0.25, -0.2) is 0 Å². The zero-order valence-corrected chi connectivity index (χ0v) is 15.8. The van der Waals surface area contributed by atoms with Crippen LogP contribution in [-0.2, 0) is 11.3 Å². The maximum absolute atomic E-state index is 12.7. The van der Waals surface area contributed by atoms with Crippen LogP contribution in [0.4, 0.5) is 10.5 Å². The first-order valence-corrected chi connectivity index (χ1v) is 9.24. The predicted molar refractivity (Wildman–Crippen MR) is 105 cm³/mol. The van der Waals surface area contributed by atoms with Gasteiger partial charge in [0, 0.05) is 19.8 Å². The van der Waals surface area contributed by atoms with Crippen molar-refractivity contribution in [3.8, 4) is 11.5 Å². The van der Waals surface area contributed by atoms with Crippen LogP contribution >= 0.6 is 11.8 Å². The minimum Gasteiger partial charge on any atom is -0.454 e. The monoisotopic (exact) mass is 382 g/mol. The van der Waals surface area contributed by atoms with Gasteiger partial charge in [0.05, 0.1) is 11.4 Å². The number of imide groups is 1. The van der Waals surface area contributed by atoms with Crippen molar-refractivity contribution < 1.29 is 19.1 Å². The van der Waals surface area contributed by atoms with Crippen molar-refractivity contribution in [2.45, 2.75) is 6.54 Å². The fraction of sp³-hybridized carbons (Fsp3) is 0.200. The molecular weight excluding hydrogens is 364 g/mol. The van der Waals surface area contributed by atoms with E-state index in [1.807, 2.05) is 49.3 Å². The van der Waals surface area contributed by atoms with E-state index in [9.17, 15) is 9.59 Å². The van der Waals surface area contributed by atoms with Gasteiger partial charge in [-0.05, 0) is 53.2 Å². The molecule has 0 N–H and O–H groups in total. The normalized spacial score (nSPS) is 17.1. The van der Waals surface area contributed by atoms with Crippen LogP contribution in [0.2, 0.25) is 0 Å². The average molecular weight is 382 g/mol. The average Bonchev–Trinajstić information content (AvgIpc) is 3.22. The van der Waals surface area contributed by atoms with Crippen molar-refractivity contribution in [1.29, 1.82) is 0 Å². The lowest BCUT2D eigenvalue weighted by Crippen LogP contribution is -2.27. The summed E-state index contributed by atoms with van der Waals surface area (Å²) >= 11 is 0.964. The number of rotatable bonds is 4. The summed E-state index contributed by atoms with van der Waals surface area (Å²) in [5.74, 6) is 1.03. The highest BCUT2D eigenvalue weighted by atomic mass is 32.2. The van der Waals surface area contributed by atoms with Crippen LogP contribution in [0, 0.1) is 0 Å². The lowest BCUT2D eigenvalue weighted by Gasteiger charge is -2.13. The first-order chi connectivity index (χ1) is 13.0. The Balaban J connectivity index is 1.51. The lowest BCUT2D eigenvalue weighted by molar-refractivity contribution is -0.123. The molecule has 0 bridgehead atoms. The van der Waals surface area contributed by atoms with Crippen molar-refractivity contribution in [1.82, 2.24) is 4.90 Å². The van der Waals surface area contributed by atoms with Crippen molar-refractivity contribution >= 4 is 34.7 Å². The summed E-state index contributed by atoms with van der Waals surface area (Å²) in [6, 6.07) is 13.2. The summed E-state index contributed by atoms with van der Waals surface area (Å²) in [4.78, 5) is 28.7. The third kappa shape index (κ3) is 3.50. The van der Waals surface area contributed by atoms with E-state index in [0.717, 1.165) is 28.6 Å². The molecular formula is C20H18N2O4S. The number of ether oxygens (including phenoxy) is 2. The molecule has 138 valence electrons. The second-order valence-corrected chi connectivity index (χ2v) is 7.43. The maximum Gasteiger partial charge on any atom is 0.293 e. The SMILES string of the molecule is CN(C)c1ccc(/C=C2\SC(=O)N(Cc3ccc4c(c3)OCO4)C2=O)cc1. The molecule has 2 aromatic carbocycles. The van der Waals surface area contributed by atoms with E-state index in [1.165, 1.54) is 4.90 Å². The molecule has 0 aliphatic carbocycles. The summed E-state index contributed by atoms with van der Waals surface area (Å²) < 4.78 is 10.6. The lowest BCUT2D eigenvalue weighted by atomic mass is 10.1. The minimum absolute atomic E-state index is 0.190. The first-order valence-electron chi connectivity index (χ1n) is 8.42. The van der Waals surface area contributed by atoms with Gasteiger partial charge in [0.15, 0.2) is 11.5 Å². The number of carbonyl (C=O) groups excluding carboxylic acids is 2. The smallest absolute Gasteiger partial charge is 0.293 e. The Kier molecular flexibility index (Phi) is 4.53. The summed E-state index contributed by atoms with van der Waals surface area (Å²) in [6.07, 6.45) is 1.75.